The van der Waals surface area contributed by atoms with Gasteiger partial charge >= 0.3 is 5.97 Å². The van der Waals surface area contributed by atoms with Crippen LogP contribution in [0.1, 0.15) is 33.1 Å². The van der Waals surface area contributed by atoms with E-state index in [1.165, 1.54) is 6.92 Å². The van der Waals surface area contributed by atoms with Crippen molar-refractivity contribution in [3.63, 3.8) is 0 Å². The third kappa shape index (κ3) is 5.09. The first-order valence-electron chi connectivity index (χ1n) is 4.14. The smallest absolute Gasteiger partial charge is 0.337 e. The number of hydrogen-bond acceptors (Lipinski definition) is 4. The topological polar surface area (TPSA) is 66.8 Å². The van der Waals surface area contributed by atoms with Crippen LogP contribution in [-0.4, -0.2) is 28.6 Å². The van der Waals surface area contributed by atoms with Crippen LogP contribution in [-0.2, 0) is 9.53 Å². The highest BCUT2D eigenvalue weighted by Gasteiger charge is 2.17. The average Bonchev–Trinajstić information content (AvgIpc) is 1.98. The number of rotatable bonds is 5. The zero-order valence-electron chi connectivity index (χ0n) is 7.49. The third-order valence-corrected chi connectivity index (χ3v) is 1.39. The van der Waals surface area contributed by atoms with E-state index < -0.39 is 18.4 Å². The van der Waals surface area contributed by atoms with Gasteiger partial charge in [-0.15, -0.1) is 0 Å². The number of aliphatic hydroxyl groups is 2. The van der Waals surface area contributed by atoms with Gasteiger partial charge in [0.15, 0.2) is 12.4 Å². The summed E-state index contributed by atoms with van der Waals surface area (Å²) in [6.07, 6.45) is -0.162. The third-order valence-electron chi connectivity index (χ3n) is 1.39. The van der Waals surface area contributed by atoms with E-state index >= 15 is 0 Å². The molecule has 0 saturated carbocycles. The first-order chi connectivity index (χ1) is 5.57. The summed E-state index contributed by atoms with van der Waals surface area (Å²) in [7, 11) is 0. The van der Waals surface area contributed by atoms with E-state index in [0.29, 0.717) is 6.42 Å². The van der Waals surface area contributed by atoms with Crippen LogP contribution < -0.4 is 0 Å². The largest absolute Gasteiger partial charge is 0.434 e. The molecule has 2 N–H and O–H groups in total. The molecule has 0 aromatic carbocycles. The van der Waals surface area contributed by atoms with E-state index in [9.17, 15) is 4.79 Å². The monoisotopic (exact) mass is 176 g/mol. The molecule has 0 heterocycles. The van der Waals surface area contributed by atoms with Gasteiger partial charge < -0.3 is 14.9 Å². The average molecular weight is 176 g/mol. The van der Waals surface area contributed by atoms with Gasteiger partial charge in [0.25, 0.3) is 0 Å². The molecular formula is C8H16O4. The van der Waals surface area contributed by atoms with Crippen molar-refractivity contribution in [1.29, 1.82) is 0 Å². The molecule has 4 heteroatoms. The fourth-order valence-corrected chi connectivity index (χ4v) is 0.762. The van der Waals surface area contributed by atoms with Gasteiger partial charge in [-0.25, -0.2) is 4.79 Å². The second-order valence-electron chi connectivity index (χ2n) is 2.69. The lowest BCUT2D eigenvalue weighted by Crippen LogP contribution is -2.26. The SMILES string of the molecule is CCCC[C@@H](O)C(=O)O[C@@H](C)O. The molecule has 0 fully saturated rings. The van der Waals surface area contributed by atoms with E-state index in [2.05, 4.69) is 4.74 Å². The van der Waals surface area contributed by atoms with Crippen LogP contribution in [0, 0.1) is 0 Å². The van der Waals surface area contributed by atoms with Crippen molar-refractivity contribution in [2.45, 2.75) is 45.5 Å². The summed E-state index contributed by atoms with van der Waals surface area (Å²) < 4.78 is 4.38. The molecule has 0 aliphatic carbocycles. The summed E-state index contributed by atoms with van der Waals surface area (Å²) in [6, 6.07) is 0. The van der Waals surface area contributed by atoms with E-state index in [4.69, 9.17) is 10.2 Å². The molecule has 4 nitrogen and oxygen atoms in total. The van der Waals surface area contributed by atoms with Gasteiger partial charge in [-0.2, -0.15) is 0 Å². The lowest BCUT2D eigenvalue weighted by atomic mass is 10.2. The van der Waals surface area contributed by atoms with Crippen LogP contribution in [0.25, 0.3) is 0 Å². The van der Waals surface area contributed by atoms with Gasteiger partial charge in [0.1, 0.15) is 0 Å². The van der Waals surface area contributed by atoms with E-state index in [1.807, 2.05) is 6.92 Å². The summed E-state index contributed by atoms with van der Waals surface area (Å²) in [5, 5.41) is 17.8. The fourth-order valence-electron chi connectivity index (χ4n) is 0.762. The molecule has 0 aliphatic heterocycles. The van der Waals surface area contributed by atoms with Gasteiger partial charge in [0.2, 0.25) is 0 Å². The molecule has 0 unspecified atom stereocenters. The molecule has 2 atom stereocenters. The minimum atomic E-state index is -1.14. The Morgan fingerprint density at radius 2 is 2.08 bits per heavy atom. The molecule has 0 aromatic rings. The molecule has 72 valence electrons. The molecule has 0 spiro atoms. The van der Waals surface area contributed by atoms with Crippen molar-refractivity contribution in [3.8, 4) is 0 Å². The number of esters is 1. The highest BCUT2D eigenvalue weighted by atomic mass is 16.6. The molecular weight excluding hydrogens is 160 g/mol. The number of carbonyl (C=O) groups excluding carboxylic acids is 1. The summed E-state index contributed by atoms with van der Waals surface area (Å²) in [5.74, 6) is -0.751. The van der Waals surface area contributed by atoms with Crippen molar-refractivity contribution in [2.24, 2.45) is 0 Å². The number of carbonyl (C=O) groups is 1. The van der Waals surface area contributed by atoms with Crippen molar-refractivity contribution < 1.29 is 19.7 Å². The minimum Gasteiger partial charge on any atom is -0.434 e. The maximum atomic E-state index is 10.8. The Kier molecular flexibility index (Phi) is 5.66. The number of unbranched alkanes of at least 4 members (excludes halogenated alkanes) is 1. The molecule has 0 aromatic heterocycles. The first kappa shape index (κ1) is 11.4. The molecule has 0 rings (SSSR count). The highest BCUT2D eigenvalue weighted by molar-refractivity contribution is 5.74. The Balaban J connectivity index is 3.61. The van der Waals surface area contributed by atoms with E-state index in [0.717, 1.165) is 12.8 Å². The van der Waals surface area contributed by atoms with Crippen LogP contribution in [0.3, 0.4) is 0 Å². The Labute approximate surface area is 72.2 Å². The van der Waals surface area contributed by atoms with E-state index in [-0.39, 0.29) is 0 Å². The number of ether oxygens (including phenoxy) is 1. The summed E-state index contributed by atoms with van der Waals surface area (Å²) >= 11 is 0. The molecule has 0 amide bonds. The predicted molar refractivity (Wildman–Crippen MR) is 43.3 cm³/mol. The first-order valence-corrected chi connectivity index (χ1v) is 4.14. The van der Waals surface area contributed by atoms with Crippen molar-refractivity contribution in [1.82, 2.24) is 0 Å². The van der Waals surface area contributed by atoms with Gasteiger partial charge in [0.05, 0.1) is 0 Å². The predicted octanol–water partition coefficient (Wildman–Crippen LogP) is 0.419. The Hall–Kier alpha value is -0.610. The van der Waals surface area contributed by atoms with Crippen molar-refractivity contribution in [2.75, 3.05) is 0 Å². The molecule has 0 radical (unpaired) electrons. The Morgan fingerprint density at radius 1 is 1.50 bits per heavy atom. The molecule has 12 heavy (non-hydrogen) atoms. The number of aliphatic hydroxyl groups excluding tert-OH is 2. The zero-order chi connectivity index (χ0) is 9.56. The lowest BCUT2D eigenvalue weighted by Gasteiger charge is -2.11. The van der Waals surface area contributed by atoms with Gasteiger partial charge in [-0.1, -0.05) is 19.8 Å². The normalized spacial score (nSPS) is 15.3. The van der Waals surface area contributed by atoms with Gasteiger partial charge in [0, 0.05) is 0 Å². The molecule has 0 saturated heterocycles. The molecule has 0 aliphatic rings. The second-order valence-corrected chi connectivity index (χ2v) is 2.69. The summed E-state index contributed by atoms with van der Waals surface area (Å²) in [6.45, 7) is 3.29. The quantitative estimate of drug-likeness (QED) is 0.470. The van der Waals surface area contributed by atoms with E-state index in [1.54, 1.807) is 0 Å². The summed E-state index contributed by atoms with van der Waals surface area (Å²) in [5.41, 5.74) is 0. The maximum absolute atomic E-state index is 10.8. The fraction of sp³-hybridized carbons (Fsp3) is 0.875. The van der Waals surface area contributed by atoms with Gasteiger partial charge in [-0.05, 0) is 13.3 Å². The lowest BCUT2D eigenvalue weighted by molar-refractivity contribution is -0.174. The van der Waals surface area contributed by atoms with Crippen LogP contribution in [0.5, 0.6) is 0 Å². The zero-order valence-corrected chi connectivity index (χ0v) is 7.49. The molecule has 0 bridgehead atoms. The Bertz CT molecular complexity index is 133. The summed E-state index contributed by atoms with van der Waals surface area (Å²) in [4.78, 5) is 10.8. The van der Waals surface area contributed by atoms with Crippen LogP contribution in [0.2, 0.25) is 0 Å². The van der Waals surface area contributed by atoms with Gasteiger partial charge in [-0.3, -0.25) is 0 Å². The van der Waals surface area contributed by atoms with Crippen LogP contribution in [0.15, 0.2) is 0 Å². The van der Waals surface area contributed by atoms with Crippen molar-refractivity contribution in [3.05, 3.63) is 0 Å². The van der Waals surface area contributed by atoms with Crippen molar-refractivity contribution >= 4 is 5.97 Å². The van der Waals surface area contributed by atoms with Crippen LogP contribution >= 0.6 is 0 Å². The highest BCUT2D eigenvalue weighted by Crippen LogP contribution is 2.02. The Morgan fingerprint density at radius 3 is 2.50 bits per heavy atom. The second kappa shape index (κ2) is 5.97. The van der Waals surface area contributed by atoms with Crippen LogP contribution in [0.4, 0.5) is 0 Å². The standard InChI is InChI=1S/C8H16O4/c1-3-4-5-7(10)8(11)12-6(2)9/h6-7,9-10H,3-5H2,1-2H3/t6-,7+/m0/s1. The minimum absolute atomic E-state index is 0.391. The maximum Gasteiger partial charge on any atom is 0.337 e. The number of hydrogen-bond donors (Lipinski definition) is 2.